The molecular formula is C18H30O4. The molecule has 0 N–H and O–H groups in total. The fourth-order valence-corrected chi connectivity index (χ4v) is 4.17. The lowest BCUT2D eigenvalue weighted by atomic mass is 9.79. The molecule has 1 aliphatic heterocycles. The van der Waals surface area contributed by atoms with E-state index in [-0.39, 0.29) is 24.0 Å². The van der Waals surface area contributed by atoms with Crippen molar-refractivity contribution in [2.75, 3.05) is 6.61 Å². The van der Waals surface area contributed by atoms with Crippen LogP contribution in [0.5, 0.6) is 0 Å². The standard InChI is InChI=1S/C14H20O4.C4H10/c1-8(15)18-13(11-4-5-17-14(11)16)12-7-9-2-3-10(12)6-9;1-4(2)3/h9-13H,2-7H2,1H3;4H,1-3H3. The molecule has 3 aliphatic rings. The molecule has 5 atom stereocenters. The maximum atomic E-state index is 11.7. The van der Waals surface area contributed by atoms with Crippen molar-refractivity contribution >= 4 is 11.9 Å². The number of rotatable bonds is 3. The van der Waals surface area contributed by atoms with E-state index in [2.05, 4.69) is 20.8 Å². The second-order valence-corrected chi connectivity index (χ2v) is 7.71. The quantitative estimate of drug-likeness (QED) is 0.748. The number of carbonyl (C=O) groups is 2. The highest BCUT2D eigenvalue weighted by Crippen LogP contribution is 2.51. The molecule has 2 aliphatic carbocycles. The summed E-state index contributed by atoms with van der Waals surface area (Å²) in [5, 5.41) is 0. The van der Waals surface area contributed by atoms with Gasteiger partial charge in [-0.3, -0.25) is 9.59 Å². The molecule has 3 rings (SSSR count). The summed E-state index contributed by atoms with van der Waals surface area (Å²) in [6.45, 7) is 8.41. The summed E-state index contributed by atoms with van der Waals surface area (Å²) in [6.07, 6.45) is 5.37. The van der Waals surface area contributed by atoms with Gasteiger partial charge in [-0.25, -0.2) is 0 Å². The summed E-state index contributed by atoms with van der Waals surface area (Å²) in [4.78, 5) is 23.1. The molecule has 2 saturated carbocycles. The van der Waals surface area contributed by atoms with Gasteiger partial charge in [-0.1, -0.05) is 27.2 Å². The highest BCUT2D eigenvalue weighted by Gasteiger charge is 2.49. The average molecular weight is 310 g/mol. The predicted octanol–water partition coefficient (Wildman–Crippen LogP) is 3.58. The van der Waals surface area contributed by atoms with Gasteiger partial charge in [-0.15, -0.1) is 0 Å². The molecule has 0 aromatic heterocycles. The monoisotopic (exact) mass is 310 g/mol. The molecule has 0 amide bonds. The number of fused-ring (bicyclic) bond motifs is 2. The Hall–Kier alpha value is -1.06. The van der Waals surface area contributed by atoms with Gasteiger partial charge >= 0.3 is 11.9 Å². The van der Waals surface area contributed by atoms with Crippen LogP contribution in [0, 0.1) is 29.6 Å². The Labute approximate surface area is 133 Å². The molecule has 5 unspecified atom stereocenters. The summed E-state index contributed by atoms with van der Waals surface area (Å²) >= 11 is 0. The number of carbonyl (C=O) groups excluding carboxylic acids is 2. The normalized spacial score (nSPS) is 34.1. The lowest BCUT2D eigenvalue weighted by Crippen LogP contribution is -2.38. The van der Waals surface area contributed by atoms with Crippen molar-refractivity contribution in [2.45, 2.75) is 65.9 Å². The Balaban J connectivity index is 0.000000396. The minimum absolute atomic E-state index is 0.177. The molecule has 4 nitrogen and oxygen atoms in total. The van der Waals surface area contributed by atoms with Crippen LogP contribution in [0.4, 0.5) is 0 Å². The predicted molar refractivity (Wildman–Crippen MR) is 84.1 cm³/mol. The molecule has 126 valence electrons. The highest BCUT2D eigenvalue weighted by atomic mass is 16.6. The molecule has 0 radical (unpaired) electrons. The lowest BCUT2D eigenvalue weighted by molar-refractivity contribution is -0.159. The van der Waals surface area contributed by atoms with Gasteiger partial charge < -0.3 is 9.47 Å². The third kappa shape index (κ3) is 4.23. The van der Waals surface area contributed by atoms with E-state index < -0.39 is 0 Å². The van der Waals surface area contributed by atoms with E-state index in [9.17, 15) is 9.59 Å². The Morgan fingerprint density at radius 1 is 1.18 bits per heavy atom. The zero-order chi connectivity index (χ0) is 16.3. The van der Waals surface area contributed by atoms with E-state index >= 15 is 0 Å². The van der Waals surface area contributed by atoms with Crippen molar-refractivity contribution in [3.63, 3.8) is 0 Å². The second kappa shape index (κ2) is 7.47. The molecule has 22 heavy (non-hydrogen) atoms. The first kappa shape index (κ1) is 17.3. The minimum Gasteiger partial charge on any atom is -0.465 e. The van der Waals surface area contributed by atoms with Crippen molar-refractivity contribution < 1.29 is 19.1 Å². The fraction of sp³-hybridized carbons (Fsp3) is 0.889. The Morgan fingerprint density at radius 2 is 1.86 bits per heavy atom. The van der Waals surface area contributed by atoms with E-state index in [1.165, 1.54) is 26.2 Å². The Morgan fingerprint density at radius 3 is 2.27 bits per heavy atom. The molecule has 0 spiro atoms. The second-order valence-electron chi connectivity index (χ2n) is 7.71. The summed E-state index contributed by atoms with van der Waals surface area (Å²) in [7, 11) is 0. The first-order chi connectivity index (χ1) is 10.4. The van der Waals surface area contributed by atoms with E-state index in [4.69, 9.17) is 9.47 Å². The first-order valence-electron chi connectivity index (χ1n) is 8.72. The zero-order valence-electron chi connectivity index (χ0n) is 14.3. The smallest absolute Gasteiger partial charge is 0.312 e. The van der Waals surface area contributed by atoms with Crippen LogP contribution in [-0.4, -0.2) is 24.6 Å². The van der Waals surface area contributed by atoms with E-state index in [0.717, 1.165) is 18.3 Å². The number of ether oxygens (including phenoxy) is 2. The van der Waals surface area contributed by atoms with E-state index in [0.29, 0.717) is 24.9 Å². The van der Waals surface area contributed by atoms with Crippen LogP contribution in [0.15, 0.2) is 0 Å². The van der Waals surface area contributed by atoms with Crippen molar-refractivity contribution in [3.8, 4) is 0 Å². The van der Waals surface area contributed by atoms with Crippen LogP contribution < -0.4 is 0 Å². The van der Waals surface area contributed by atoms with Crippen LogP contribution in [0.1, 0.15) is 59.8 Å². The number of esters is 2. The molecule has 4 heteroatoms. The summed E-state index contributed by atoms with van der Waals surface area (Å²) in [5.74, 6) is 1.97. The number of hydrogen-bond acceptors (Lipinski definition) is 4. The SMILES string of the molecule is CC(=O)OC(C1CCOC1=O)C1CC2CCC1C2.CC(C)C. The minimum atomic E-state index is -0.275. The topological polar surface area (TPSA) is 52.6 Å². The molecular weight excluding hydrogens is 280 g/mol. The third-order valence-electron chi connectivity index (χ3n) is 4.89. The van der Waals surface area contributed by atoms with Crippen molar-refractivity contribution in [1.82, 2.24) is 0 Å². The van der Waals surface area contributed by atoms with Crippen LogP contribution in [0.25, 0.3) is 0 Å². The largest absolute Gasteiger partial charge is 0.465 e. The summed E-state index contributed by atoms with van der Waals surface area (Å²) < 4.78 is 10.5. The van der Waals surface area contributed by atoms with Crippen molar-refractivity contribution in [2.24, 2.45) is 29.6 Å². The Kier molecular flexibility index (Phi) is 5.87. The Bertz CT molecular complexity index is 401. The van der Waals surface area contributed by atoms with Gasteiger partial charge in [0.15, 0.2) is 0 Å². The van der Waals surface area contributed by atoms with Crippen LogP contribution in [0.3, 0.4) is 0 Å². The van der Waals surface area contributed by atoms with Gasteiger partial charge in [-0.2, -0.15) is 0 Å². The van der Waals surface area contributed by atoms with E-state index in [1.54, 1.807) is 0 Å². The maximum Gasteiger partial charge on any atom is 0.312 e. The van der Waals surface area contributed by atoms with Crippen LogP contribution in [-0.2, 0) is 19.1 Å². The average Bonchev–Trinajstić information content (AvgIpc) is 3.11. The first-order valence-corrected chi connectivity index (χ1v) is 8.72. The fourth-order valence-electron chi connectivity index (χ4n) is 4.17. The number of cyclic esters (lactones) is 1. The van der Waals surface area contributed by atoms with Crippen LogP contribution in [0.2, 0.25) is 0 Å². The van der Waals surface area contributed by atoms with Gasteiger partial charge in [0, 0.05) is 6.92 Å². The van der Waals surface area contributed by atoms with Gasteiger partial charge in [-0.05, 0) is 49.4 Å². The van der Waals surface area contributed by atoms with Gasteiger partial charge in [0.2, 0.25) is 0 Å². The lowest BCUT2D eigenvalue weighted by Gasteiger charge is -2.32. The van der Waals surface area contributed by atoms with Crippen molar-refractivity contribution in [1.29, 1.82) is 0 Å². The van der Waals surface area contributed by atoms with Crippen LogP contribution >= 0.6 is 0 Å². The third-order valence-corrected chi connectivity index (χ3v) is 4.89. The zero-order valence-corrected chi connectivity index (χ0v) is 14.3. The molecule has 0 aromatic carbocycles. The number of hydrogen-bond donors (Lipinski definition) is 0. The molecule has 1 heterocycles. The van der Waals surface area contributed by atoms with Crippen molar-refractivity contribution in [3.05, 3.63) is 0 Å². The van der Waals surface area contributed by atoms with E-state index in [1.807, 2.05) is 0 Å². The molecule has 1 saturated heterocycles. The van der Waals surface area contributed by atoms with Gasteiger partial charge in [0.1, 0.15) is 6.10 Å². The highest BCUT2D eigenvalue weighted by molar-refractivity contribution is 5.75. The molecule has 0 aromatic rings. The summed E-state index contributed by atoms with van der Waals surface area (Å²) in [5.41, 5.74) is 0. The summed E-state index contributed by atoms with van der Waals surface area (Å²) in [6, 6.07) is 0. The van der Waals surface area contributed by atoms with Gasteiger partial charge in [0.05, 0.1) is 12.5 Å². The molecule has 2 bridgehead atoms. The maximum absolute atomic E-state index is 11.7. The molecule has 3 fully saturated rings. The van der Waals surface area contributed by atoms with Gasteiger partial charge in [0.25, 0.3) is 0 Å².